The lowest BCUT2D eigenvalue weighted by atomic mass is 9.97. The molecule has 5 nitrogen and oxygen atoms in total. The summed E-state index contributed by atoms with van der Waals surface area (Å²) in [7, 11) is -3.83. The molecule has 0 radical (unpaired) electrons. The van der Waals surface area contributed by atoms with Crippen LogP contribution >= 0.6 is 0 Å². The predicted octanol–water partition coefficient (Wildman–Crippen LogP) is 1.79. The highest BCUT2D eigenvalue weighted by Crippen LogP contribution is 2.21. The maximum Gasteiger partial charge on any atom is 0.240 e. The summed E-state index contributed by atoms with van der Waals surface area (Å²) in [6.07, 6.45) is 0.775. The van der Waals surface area contributed by atoms with Crippen molar-refractivity contribution in [3.63, 3.8) is 0 Å². The van der Waals surface area contributed by atoms with E-state index in [-0.39, 0.29) is 28.6 Å². The molecule has 0 heterocycles. The smallest absolute Gasteiger partial charge is 0.240 e. The summed E-state index contributed by atoms with van der Waals surface area (Å²) in [4.78, 5) is -0.0712. The number of nitrogen functional groups attached to an aromatic ring is 1. The van der Waals surface area contributed by atoms with Crippen molar-refractivity contribution in [2.24, 2.45) is 5.92 Å². The third-order valence-corrected chi connectivity index (χ3v) is 5.22. The van der Waals surface area contributed by atoms with Gasteiger partial charge in [0.25, 0.3) is 0 Å². The van der Waals surface area contributed by atoms with Gasteiger partial charge in [0.05, 0.1) is 16.7 Å². The number of aliphatic hydroxyl groups is 1. The average molecular weight is 318 g/mol. The van der Waals surface area contributed by atoms with E-state index in [9.17, 15) is 17.9 Å². The number of anilines is 1. The molecule has 0 saturated carbocycles. The lowest BCUT2D eigenvalue weighted by Crippen LogP contribution is -2.36. The number of nitrogens with two attached hydrogens (primary N) is 1. The van der Waals surface area contributed by atoms with Gasteiger partial charge < -0.3 is 10.8 Å². The molecule has 1 rings (SSSR count). The number of hydrogen-bond acceptors (Lipinski definition) is 4. The summed E-state index contributed by atoms with van der Waals surface area (Å²) >= 11 is 0. The quantitative estimate of drug-likeness (QED) is 0.668. The van der Waals surface area contributed by atoms with Gasteiger partial charge in [-0.05, 0) is 30.5 Å². The summed E-state index contributed by atoms with van der Waals surface area (Å²) in [5, 5.41) is 9.98. The first kappa shape index (κ1) is 17.9. The summed E-state index contributed by atoms with van der Waals surface area (Å²) in [6.45, 7) is 5.30. The summed E-state index contributed by atoms with van der Waals surface area (Å²) in [5.41, 5.74) is 5.47. The van der Waals surface area contributed by atoms with Crippen LogP contribution in [0.1, 0.15) is 32.3 Å². The maximum atomic E-state index is 13.3. The van der Waals surface area contributed by atoms with E-state index in [1.807, 2.05) is 13.8 Å². The number of aryl methyl sites for hydroxylation is 1. The second-order valence-electron chi connectivity index (χ2n) is 5.14. The van der Waals surface area contributed by atoms with Crippen molar-refractivity contribution in [3.05, 3.63) is 23.5 Å². The number of halogens is 1. The molecule has 0 aromatic heterocycles. The van der Waals surface area contributed by atoms with Crippen molar-refractivity contribution >= 4 is 15.7 Å². The molecule has 0 aliphatic heterocycles. The van der Waals surface area contributed by atoms with Crippen molar-refractivity contribution in [2.45, 2.75) is 44.6 Å². The van der Waals surface area contributed by atoms with E-state index in [2.05, 4.69) is 4.72 Å². The molecular formula is C14H23FN2O3S. The van der Waals surface area contributed by atoms with Crippen molar-refractivity contribution < 1.29 is 17.9 Å². The lowest BCUT2D eigenvalue weighted by Gasteiger charge is -2.20. The van der Waals surface area contributed by atoms with Crippen LogP contribution in [0.5, 0.6) is 0 Å². The highest BCUT2D eigenvalue weighted by atomic mass is 32.2. The van der Waals surface area contributed by atoms with Gasteiger partial charge in [-0.2, -0.15) is 0 Å². The van der Waals surface area contributed by atoms with Crippen LogP contribution in [-0.4, -0.2) is 26.2 Å². The van der Waals surface area contributed by atoms with Gasteiger partial charge in [-0.3, -0.25) is 0 Å². The SMILES string of the molecule is CCC(CC)C(O)CNS(=O)(=O)c1cc(N)c(F)cc1C. The Morgan fingerprint density at radius 2 is 1.90 bits per heavy atom. The largest absolute Gasteiger partial charge is 0.396 e. The zero-order chi connectivity index (χ0) is 16.2. The zero-order valence-electron chi connectivity index (χ0n) is 12.6. The molecule has 1 unspecified atom stereocenters. The molecule has 0 fully saturated rings. The number of hydrogen-bond donors (Lipinski definition) is 3. The molecule has 120 valence electrons. The molecule has 21 heavy (non-hydrogen) atoms. The molecule has 1 aromatic carbocycles. The van der Waals surface area contributed by atoms with Crippen molar-refractivity contribution in [1.82, 2.24) is 4.72 Å². The lowest BCUT2D eigenvalue weighted by molar-refractivity contribution is 0.107. The third-order valence-electron chi connectivity index (χ3n) is 3.66. The first-order valence-corrected chi connectivity index (χ1v) is 8.44. The molecular weight excluding hydrogens is 295 g/mol. The van der Waals surface area contributed by atoms with Crippen LogP contribution in [0, 0.1) is 18.7 Å². The minimum absolute atomic E-state index is 0.0343. The Bertz CT molecular complexity index is 586. The van der Waals surface area contributed by atoms with Gasteiger partial charge in [0.2, 0.25) is 10.0 Å². The Hall–Kier alpha value is -1.18. The Kier molecular flexibility index (Phi) is 6.12. The van der Waals surface area contributed by atoms with Crippen molar-refractivity contribution in [2.75, 3.05) is 12.3 Å². The van der Waals surface area contributed by atoms with Gasteiger partial charge in [-0.25, -0.2) is 17.5 Å². The first-order chi connectivity index (χ1) is 9.72. The van der Waals surface area contributed by atoms with E-state index in [0.29, 0.717) is 0 Å². The van der Waals surface area contributed by atoms with E-state index >= 15 is 0 Å². The molecule has 0 bridgehead atoms. The van der Waals surface area contributed by atoms with Crippen molar-refractivity contribution in [3.8, 4) is 0 Å². The van der Waals surface area contributed by atoms with Gasteiger partial charge >= 0.3 is 0 Å². The van der Waals surface area contributed by atoms with Crippen LogP contribution in [0.4, 0.5) is 10.1 Å². The standard InChI is InChI=1S/C14H23FN2O3S/c1-4-10(5-2)13(18)8-17-21(19,20)14-7-12(16)11(15)6-9(14)3/h6-7,10,13,17-18H,4-5,8,16H2,1-3H3. The van der Waals surface area contributed by atoms with Crippen LogP contribution < -0.4 is 10.5 Å². The van der Waals surface area contributed by atoms with Crippen LogP contribution in [0.3, 0.4) is 0 Å². The van der Waals surface area contributed by atoms with E-state index in [0.717, 1.165) is 25.0 Å². The fourth-order valence-electron chi connectivity index (χ4n) is 2.23. The Morgan fingerprint density at radius 3 is 2.43 bits per heavy atom. The van der Waals surface area contributed by atoms with Crippen LogP contribution in [0.2, 0.25) is 0 Å². The second kappa shape index (κ2) is 7.20. The topological polar surface area (TPSA) is 92.4 Å². The molecule has 0 amide bonds. The number of sulfonamides is 1. The molecule has 1 atom stereocenters. The summed E-state index contributed by atoms with van der Waals surface area (Å²) in [5.74, 6) is -0.615. The number of aliphatic hydroxyl groups excluding tert-OH is 1. The highest BCUT2D eigenvalue weighted by molar-refractivity contribution is 7.89. The maximum absolute atomic E-state index is 13.3. The fraction of sp³-hybridized carbons (Fsp3) is 0.571. The van der Waals surface area contributed by atoms with Gasteiger partial charge in [0.15, 0.2) is 0 Å². The minimum Gasteiger partial charge on any atom is -0.396 e. The van der Waals surface area contributed by atoms with Gasteiger partial charge in [0.1, 0.15) is 5.82 Å². The van der Waals surface area contributed by atoms with Crippen LogP contribution in [0.25, 0.3) is 0 Å². The zero-order valence-corrected chi connectivity index (χ0v) is 13.4. The van der Waals surface area contributed by atoms with E-state index in [4.69, 9.17) is 5.73 Å². The number of rotatable bonds is 7. The molecule has 0 spiro atoms. The number of benzene rings is 1. The minimum atomic E-state index is -3.83. The molecule has 1 aromatic rings. The van der Waals surface area contributed by atoms with Gasteiger partial charge in [-0.15, -0.1) is 0 Å². The molecule has 7 heteroatoms. The molecule has 0 aliphatic rings. The second-order valence-corrected chi connectivity index (χ2v) is 6.87. The van der Waals surface area contributed by atoms with E-state index in [1.54, 1.807) is 0 Å². The predicted molar refractivity (Wildman–Crippen MR) is 80.8 cm³/mol. The Balaban J connectivity index is 2.90. The molecule has 0 aliphatic carbocycles. The third kappa shape index (κ3) is 4.39. The molecule has 0 saturated heterocycles. The average Bonchev–Trinajstić information content (AvgIpc) is 2.42. The van der Waals surface area contributed by atoms with Crippen LogP contribution in [0.15, 0.2) is 17.0 Å². The van der Waals surface area contributed by atoms with Crippen molar-refractivity contribution in [1.29, 1.82) is 0 Å². The summed E-state index contributed by atoms with van der Waals surface area (Å²) in [6, 6.07) is 2.18. The van der Waals surface area contributed by atoms with Crippen LogP contribution in [-0.2, 0) is 10.0 Å². The Labute approximate surface area is 125 Å². The van der Waals surface area contributed by atoms with E-state index in [1.165, 1.54) is 6.92 Å². The highest BCUT2D eigenvalue weighted by Gasteiger charge is 2.22. The normalized spacial score (nSPS) is 13.6. The van der Waals surface area contributed by atoms with Gasteiger partial charge in [0, 0.05) is 6.54 Å². The monoisotopic (exact) mass is 318 g/mol. The van der Waals surface area contributed by atoms with Gasteiger partial charge in [-0.1, -0.05) is 26.7 Å². The number of nitrogens with one attached hydrogen (secondary N) is 1. The Morgan fingerprint density at radius 1 is 1.33 bits per heavy atom. The summed E-state index contributed by atoms with van der Waals surface area (Å²) < 4.78 is 40.1. The molecule has 4 N–H and O–H groups in total. The van der Waals surface area contributed by atoms with E-state index < -0.39 is 21.9 Å². The first-order valence-electron chi connectivity index (χ1n) is 6.96. The fourth-order valence-corrected chi connectivity index (χ4v) is 3.54.